The second-order valence-electron chi connectivity index (χ2n) is 7.24. The maximum absolute atomic E-state index is 12.7. The predicted octanol–water partition coefficient (Wildman–Crippen LogP) is 4.78. The number of nitrogens with zero attached hydrogens (tertiary/aromatic N) is 3. The van der Waals surface area contributed by atoms with Crippen molar-refractivity contribution in [1.29, 1.82) is 0 Å². The third-order valence-corrected chi connectivity index (χ3v) is 5.19. The van der Waals surface area contributed by atoms with Gasteiger partial charge in [-0.1, -0.05) is 24.3 Å². The van der Waals surface area contributed by atoms with Crippen molar-refractivity contribution in [3.8, 4) is 17.0 Å². The Hall–Kier alpha value is -3.41. The first-order chi connectivity index (χ1) is 14.8. The van der Waals surface area contributed by atoms with Crippen LogP contribution in [0.4, 0.5) is 11.5 Å². The number of aromatic nitrogens is 2. The molecule has 0 spiro atoms. The molecule has 6 heteroatoms. The number of anilines is 2. The number of ether oxygens (including phenoxy) is 1. The van der Waals surface area contributed by atoms with Crippen LogP contribution in [0.5, 0.6) is 5.75 Å². The van der Waals surface area contributed by atoms with Crippen LogP contribution in [0.1, 0.15) is 36.5 Å². The summed E-state index contributed by atoms with van der Waals surface area (Å²) in [6, 6.07) is 14.9. The van der Waals surface area contributed by atoms with Gasteiger partial charge in [0.05, 0.1) is 12.3 Å². The highest BCUT2D eigenvalue weighted by molar-refractivity contribution is 6.05. The minimum Gasteiger partial charge on any atom is -0.492 e. The second-order valence-corrected chi connectivity index (χ2v) is 7.24. The third-order valence-electron chi connectivity index (χ3n) is 5.19. The molecule has 1 amide bonds. The Kier molecular flexibility index (Phi) is 6.23. The molecular formula is C24H26N4O2. The normalized spacial score (nSPS) is 13.7. The van der Waals surface area contributed by atoms with E-state index in [4.69, 9.17) is 4.74 Å². The molecule has 0 bridgehead atoms. The molecule has 0 unspecified atom stereocenters. The third kappa shape index (κ3) is 4.43. The molecule has 1 aliphatic heterocycles. The van der Waals surface area contributed by atoms with E-state index in [1.807, 2.05) is 55.5 Å². The lowest BCUT2D eigenvalue weighted by atomic mass is 10.1. The Balaban J connectivity index is 1.53. The number of rotatable bonds is 6. The van der Waals surface area contributed by atoms with Crippen molar-refractivity contribution in [2.45, 2.75) is 26.2 Å². The average molecular weight is 402 g/mol. The van der Waals surface area contributed by atoms with Gasteiger partial charge in [0, 0.05) is 36.6 Å². The first kappa shape index (κ1) is 19.9. The molecular weight excluding hydrogens is 376 g/mol. The predicted molar refractivity (Wildman–Crippen MR) is 119 cm³/mol. The van der Waals surface area contributed by atoms with Crippen LogP contribution in [0.25, 0.3) is 11.3 Å². The number of amides is 1. The van der Waals surface area contributed by atoms with Crippen molar-refractivity contribution >= 4 is 17.4 Å². The summed E-state index contributed by atoms with van der Waals surface area (Å²) in [5.74, 6) is 1.40. The van der Waals surface area contributed by atoms with Gasteiger partial charge in [0.15, 0.2) is 5.82 Å². The zero-order valence-corrected chi connectivity index (χ0v) is 17.2. The summed E-state index contributed by atoms with van der Waals surface area (Å²) in [5, 5.41) is 2.93. The molecule has 154 valence electrons. The van der Waals surface area contributed by atoms with Crippen molar-refractivity contribution in [3.05, 3.63) is 66.5 Å². The summed E-state index contributed by atoms with van der Waals surface area (Å²) in [5.41, 5.74) is 3.05. The maximum atomic E-state index is 12.7. The summed E-state index contributed by atoms with van der Waals surface area (Å²) >= 11 is 0. The first-order valence-corrected chi connectivity index (χ1v) is 10.5. The molecule has 3 aromatic rings. The highest BCUT2D eigenvalue weighted by Gasteiger charge is 2.18. The van der Waals surface area contributed by atoms with E-state index >= 15 is 0 Å². The lowest BCUT2D eigenvalue weighted by Crippen LogP contribution is -2.30. The molecule has 6 nitrogen and oxygen atoms in total. The number of piperidine rings is 1. The number of para-hydroxylation sites is 2. The van der Waals surface area contributed by atoms with Crippen molar-refractivity contribution < 1.29 is 9.53 Å². The van der Waals surface area contributed by atoms with Crippen LogP contribution < -0.4 is 15.0 Å². The van der Waals surface area contributed by atoms with Gasteiger partial charge in [-0.2, -0.15) is 0 Å². The lowest BCUT2D eigenvalue weighted by molar-refractivity contribution is 0.102. The molecule has 0 radical (unpaired) electrons. The molecule has 0 aliphatic carbocycles. The Labute approximate surface area is 176 Å². The van der Waals surface area contributed by atoms with Crippen molar-refractivity contribution in [2.75, 3.05) is 29.9 Å². The maximum Gasteiger partial charge on any atom is 0.255 e. The van der Waals surface area contributed by atoms with E-state index in [2.05, 4.69) is 20.2 Å². The van der Waals surface area contributed by atoms with Crippen molar-refractivity contribution in [3.63, 3.8) is 0 Å². The van der Waals surface area contributed by atoms with Gasteiger partial charge in [0.2, 0.25) is 0 Å². The molecule has 0 atom stereocenters. The summed E-state index contributed by atoms with van der Waals surface area (Å²) in [4.78, 5) is 24.2. The topological polar surface area (TPSA) is 67.3 Å². The van der Waals surface area contributed by atoms with Crippen LogP contribution in [-0.4, -0.2) is 35.6 Å². The van der Waals surface area contributed by atoms with Gasteiger partial charge in [0.1, 0.15) is 11.4 Å². The van der Waals surface area contributed by atoms with Crippen LogP contribution in [0.3, 0.4) is 0 Å². The number of hydrogen-bond acceptors (Lipinski definition) is 5. The minimum absolute atomic E-state index is 0.177. The molecule has 0 saturated carbocycles. The first-order valence-electron chi connectivity index (χ1n) is 10.5. The molecule has 2 heterocycles. The molecule has 1 N–H and O–H groups in total. The van der Waals surface area contributed by atoms with Crippen LogP contribution >= 0.6 is 0 Å². The van der Waals surface area contributed by atoms with E-state index in [9.17, 15) is 4.79 Å². The van der Waals surface area contributed by atoms with Gasteiger partial charge in [-0.05, 0) is 50.5 Å². The molecule has 1 saturated heterocycles. The fourth-order valence-electron chi connectivity index (χ4n) is 3.70. The Morgan fingerprint density at radius 1 is 1.00 bits per heavy atom. The Bertz CT molecular complexity index is 998. The number of nitrogens with one attached hydrogen (secondary N) is 1. The average Bonchev–Trinajstić information content (AvgIpc) is 2.81. The zero-order valence-electron chi connectivity index (χ0n) is 17.2. The lowest BCUT2D eigenvalue weighted by Gasteiger charge is -2.28. The fourth-order valence-corrected chi connectivity index (χ4v) is 3.70. The quantitative estimate of drug-likeness (QED) is 0.642. The zero-order chi connectivity index (χ0) is 20.8. The van der Waals surface area contributed by atoms with Crippen LogP contribution in [-0.2, 0) is 0 Å². The molecule has 1 aliphatic rings. The molecule has 30 heavy (non-hydrogen) atoms. The summed E-state index contributed by atoms with van der Waals surface area (Å²) in [6.07, 6.45) is 7.08. The van der Waals surface area contributed by atoms with Gasteiger partial charge < -0.3 is 15.0 Å². The van der Waals surface area contributed by atoms with E-state index in [1.54, 1.807) is 12.4 Å². The van der Waals surface area contributed by atoms with Crippen LogP contribution in [0.15, 0.2) is 60.9 Å². The van der Waals surface area contributed by atoms with Gasteiger partial charge in [0.25, 0.3) is 5.91 Å². The van der Waals surface area contributed by atoms with Crippen molar-refractivity contribution in [2.24, 2.45) is 0 Å². The molecule has 1 fully saturated rings. The van der Waals surface area contributed by atoms with Gasteiger partial charge in [-0.25, -0.2) is 4.98 Å². The van der Waals surface area contributed by atoms with Crippen molar-refractivity contribution in [1.82, 2.24) is 9.97 Å². The van der Waals surface area contributed by atoms with E-state index in [-0.39, 0.29) is 5.91 Å². The number of benzene rings is 2. The monoisotopic (exact) mass is 402 g/mol. The Morgan fingerprint density at radius 2 is 1.73 bits per heavy atom. The second kappa shape index (κ2) is 9.39. The summed E-state index contributed by atoms with van der Waals surface area (Å²) < 4.78 is 5.59. The van der Waals surface area contributed by atoms with Crippen LogP contribution in [0.2, 0.25) is 0 Å². The highest BCUT2D eigenvalue weighted by Crippen LogP contribution is 2.29. The van der Waals surface area contributed by atoms with Gasteiger partial charge in [-0.15, -0.1) is 0 Å². The number of carbonyl (C=O) groups is 1. The molecule has 4 rings (SSSR count). The largest absolute Gasteiger partial charge is 0.492 e. The van der Waals surface area contributed by atoms with Gasteiger partial charge >= 0.3 is 0 Å². The summed E-state index contributed by atoms with van der Waals surface area (Å²) in [7, 11) is 0. The molecule has 2 aromatic carbocycles. The summed E-state index contributed by atoms with van der Waals surface area (Å²) in [6.45, 7) is 4.47. The SMILES string of the molecule is CCOc1ccccc1NC(=O)c1ccc(-c2nccnc2N2CCCCC2)cc1. The number of hydrogen-bond donors (Lipinski definition) is 1. The highest BCUT2D eigenvalue weighted by atomic mass is 16.5. The van der Waals surface area contributed by atoms with E-state index in [0.717, 1.165) is 30.2 Å². The van der Waals surface area contributed by atoms with E-state index in [0.29, 0.717) is 23.6 Å². The fraction of sp³-hybridized carbons (Fsp3) is 0.292. The van der Waals surface area contributed by atoms with Crippen LogP contribution in [0, 0.1) is 0 Å². The molecule has 1 aromatic heterocycles. The Morgan fingerprint density at radius 3 is 2.50 bits per heavy atom. The van der Waals surface area contributed by atoms with E-state index < -0.39 is 0 Å². The van der Waals surface area contributed by atoms with E-state index in [1.165, 1.54) is 19.3 Å². The number of carbonyl (C=O) groups excluding carboxylic acids is 1. The smallest absolute Gasteiger partial charge is 0.255 e. The standard InChI is InChI=1S/C24H26N4O2/c1-2-30-21-9-5-4-8-20(21)27-24(29)19-12-10-18(11-13-19)22-23(26-15-14-25-22)28-16-6-3-7-17-28/h4-5,8-15H,2-3,6-7,16-17H2,1H3,(H,27,29). The van der Waals surface area contributed by atoms with Gasteiger partial charge in [-0.3, -0.25) is 9.78 Å². The minimum atomic E-state index is -0.177.